The molecule has 16 heavy (non-hydrogen) atoms. The van der Waals surface area contributed by atoms with E-state index in [0.29, 0.717) is 22.2 Å². The Morgan fingerprint density at radius 2 is 2.31 bits per heavy atom. The van der Waals surface area contributed by atoms with Crippen LogP contribution in [0.25, 0.3) is 0 Å². The summed E-state index contributed by atoms with van der Waals surface area (Å²) in [5.41, 5.74) is 0. The highest BCUT2D eigenvalue weighted by atomic mass is 35.5. The summed E-state index contributed by atoms with van der Waals surface area (Å²) in [6.07, 6.45) is 0.350. The molecule has 0 aliphatic carbocycles. The molecule has 0 bridgehead atoms. The van der Waals surface area contributed by atoms with E-state index in [0.717, 1.165) is 0 Å². The van der Waals surface area contributed by atoms with Crippen LogP contribution in [0.1, 0.15) is 29.9 Å². The maximum Gasteiger partial charge on any atom is 0.264 e. The van der Waals surface area contributed by atoms with Gasteiger partial charge < -0.3 is 4.90 Å². The molecule has 0 atom stereocenters. The van der Waals surface area contributed by atoms with Crippen LogP contribution in [-0.4, -0.2) is 23.4 Å². The summed E-state index contributed by atoms with van der Waals surface area (Å²) in [6, 6.07) is 5.56. The standard InChI is InChI=1S/C11H13ClN2OS/c1-8(2)14(7-3-6-13)11(15)9-4-5-10(12)16-9/h4-5,8H,3,7H2,1-2H3. The number of carbonyl (C=O) groups excluding carboxylic acids is 1. The average molecular weight is 257 g/mol. The number of nitriles is 1. The summed E-state index contributed by atoms with van der Waals surface area (Å²) in [5.74, 6) is -0.0536. The normalized spacial score (nSPS) is 10.2. The predicted molar refractivity (Wildman–Crippen MR) is 65.7 cm³/mol. The second kappa shape index (κ2) is 5.88. The Morgan fingerprint density at radius 1 is 1.62 bits per heavy atom. The third kappa shape index (κ3) is 3.22. The first kappa shape index (κ1) is 13.0. The van der Waals surface area contributed by atoms with Gasteiger partial charge in [0.05, 0.1) is 21.7 Å². The van der Waals surface area contributed by atoms with Crippen LogP contribution in [0.15, 0.2) is 12.1 Å². The van der Waals surface area contributed by atoms with Crippen LogP contribution in [0, 0.1) is 11.3 Å². The van der Waals surface area contributed by atoms with Crippen molar-refractivity contribution in [1.82, 2.24) is 4.90 Å². The Kier molecular flexibility index (Phi) is 4.78. The Labute approximate surface area is 104 Å². The molecule has 0 radical (unpaired) electrons. The van der Waals surface area contributed by atoms with E-state index in [1.165, 1.54) is 11.3 Å². The summed E-state index contributed by atoms with van der Waals surface area (Å²) in [6.45, 7) is 4.33. The average Bonchev–Trinajstić information content (AvgIpc) is 2.64. The van der Waals surface area contributed by atoms with Crippen molar-refractivity contribution in [3.8, 4) is 6.07 Å². The van der Waals surface area contributed by atoms with Gasteiger partial charge in [-0.3, -0.25) is 4.79 Å². The fraction of sp³-hybridized carbons (Fsp3) is 0.455. The van der Waals surface area contributed by atoms with E-state index in [1.807, 2.05) is 19.9 Å². The summed E-state index contributed by atoms with van der Waals surface area (Å²) in [7, 11) is 0. The number of thiophene rings is 1. The first-order chi connectivity index (χ1) is 7.56. The molecule has 0 unspecified atom stereocenters. The minimum Gasteiger partial charge on any atom is -0.334 e. The summed E-state index contributed by atoms with van der Waals surface area (Å²) in [4.78, 5) is 14.4. The van der Waals surface area contributed by atoms with Gasteiger partial charge in [-0.25, -0.2) is 0 Å². The lowest BCUT2D eigenvalue weighted by Gasteiger charge is -2.25. The maximum atomic E-state index is 12.1. The predicted octanol–water partition coefficient (Wildman–Crippen LogP) is 3.17. The number of carbonyl (C=O) groups is 1. The van der Waals surface area contributed by atoms with Crippen molar-refractivity contribution in [2.75, 3.05) is 6.54 Å². The highest BCUT2D eigenvalue weighted by Crippen LogP contribution is 2.23. The van der Waals surface area contributed by atoms with E-state index < -0.39 is 0 Å². The van der Waals surface area contributed by atoms with Crippen LogP contribution in [0.5, 0.6) is 0 Å². The Hall–Kier alpha value is -1.05. The molecular formula is C11H13ClN2OS. The number of halogens is 1. The van der Waals surface area contributed by atoms with Gasteiger partial charge in [-0.2, -0.15) is 5.26 Å². The quantitative estimate of drug-likeness (QED) is 0.831. The highest BCUT2D eigenvalue weighted by molar-refractivity contribution is 7.17. The van der Waals surface area contributed by atoms with Gasteiger partial charge in [0.1, 0.15) is 0 Å². The van der Waals surface area contributed by atoms with E-state index in [1.54, 1.807) is 17.0 Å². The molecule has 1 rings (SSSR count). The molecular weight excluding hydrogens is 244 g/mol. The molecule has 0 spiro atoms. The van der Waals surface area contributed by atoms with Crippen molar-refractivity contribution in [3.05, 3.63) is 21.3 Å². The summed E-state index contributed by atoms with van der Waals surface area (Å²) >= 11 is 7.05. The number of amides is 1. The lowest BCUT2D eigenvalue weighted by atomic mass is 10.2. The van der Waals surface area contributed by atoms with Crippen LogP contribution in [0.4, 0.5) is 0 Å². The fourth-order valence-corrected chi connectivity index (χ4v) is 2.33. The third-order valence-electron chi connectivity index (χ3n) is 2.13. The molecule has 1 heterocycles. The van der Waals surface area contributed by atoms with Crippen LogP contribution in [0.2, 0.25) is 4.34 Å². The van der Waals surface area contributed by atoms with Gasteiger partial charge >= 0.3 is 0 Å². The van der Waals surface area contributed by atoms with Gasteiger partial charge in [-0.05, 0) is 26.0 Å². The third-order valence-corrected chi connectivity index (χ3v) is 3.35. The van der Waals surface area contributed by atoms with E-state index in [4.69, 9.17) is 16.9 Å². The molecule has 1 aromatic rings. The van der Waals surface area contributed by atoms with E-state index in [9.17, 15) is 4.79 Å². The molecule has 0 fully saturated rings. The zero-order valence-electron chi connectivity index (χ0n) is 9.24. The number of hydrogen-bond donors (Lipinski definition) is 0. The van der Waals surface area contributed by atoms with Gasteiger partial charge in [0.2, 0.25) is 0 Å². The topological polar surface area (TPSA) is 44.1 Å². The first-order valence-electron chi connectivity index (χ1n) is 4.99. The highest BCUT2D eigenvalue weighted by Gasteiger charge is 2.19. The van der Waals surface area contributed by atoms with Crippen molar-refractivity contribution < 1.29 is 4.79 Å². The second-order valence-corrected chi connectivity index (χ2v) is 5.32. The van der Waals surface area contributed by atoms with Crippen LogP contribution >= 0.6 is 22.9 Å². The van der Waals surface area contributed by atoms with Crippen molar-refractivity contribution in [2.24, 2.45) is 0 Å². The van der Waals surface area contributed by atoms with Crippen molar-refractivity contribution in [1.29, 1.82) is 5.26 Å². The molecule has 1 aromatic heterocycles. The minimum atomic E-state index is -0.0536. The Bertz CT molecular complexity index is 408. The molecule has 3 nitrogen and oxygen atoms in total. The zero-order chi connectivity index (χ0) is 12.1. The van der Waals surface area contributed by atoms with E-state index in [2.05, 4.69) is 0 Å². The number of hydrogen-bond acceptors (Lipinski definition) is 3. The molecule has 0 aliphatic rings. The molecule has 5 heteroatoms. The lowest BCUT2D eigenvalue weighted by molar-refractivity contribution is 0.0715. The van der Waals surface area contributed by atoms with Gasteiger partial charge in [0.15, 0.2) is 0 Å². The lowest BCUT2D eigenvalue weighted by Crippen LogP contribution is -2.37. The Balaban J connectivity index is 2.79. The van der Waals surface area contributed by atoms with Gasteiger partial charge in [0, 0.05) is 12.6 Å². The van der Waals surface area contributed by atoms with Crippen molar-refractivity contribution >= 4 is 28.8 Å². The second-order valence-electron chi connectivity index (χ2n) is 3.60. The fourth-order valence-electron chi connectivity index (χ4n) is 1.34. The summed E-state index contributed by atoms with van der Waals surface area (Å²) < 4.78 is 0.604. The largest absolute Gasteiger partial charge is 0.334 e. The van der Waals surface area contributed by atoms with Gasteiger partial charge in [-0.15, -0.1) is 11.3 Å². The van der Waals surface area contributed by atoms with Gasteiger partial charge in [0.25, 0.3) is 5.91 Å². The molecule has 0 N–H and O–H groups in total. The molecule has 0 saturated carbocycles. The van der Waals surface area contributed by atoms with Crippen LogP contribution in [-0.2, 0) is 0 Å². The first-order valence-corrected chi connectivity index (χ1v) is 6.19. The smallest absolute Gasteiger partial charge is 0.264 e. The maximum absolute atomic E-state index is 12.1. The van der Waals surface area contributed by atoms with Crippen molar-refractivity contribution in [3.63, 3.8) is 0 Å². The van der Waals surface area contributed by atoms with E-state index >= 15 is 0 Å². The monoisotopic (exact) mass is 256 g/mol. The van der Waals surface area contributed by atoms with Crippen molar-refractivity contribution in [2.45, 2.75) is 26.3 Å². The van der Waals surface area contributed by atoms with E-state index in [-0.39, 0.29) is 11.9 Å². The molecule has 0 aromatic carbocycles. The molecule has 0 saturated heterocycles. The van der Waals surface area contributed by atoms with Crippen LogP contribution < -0.4 is 0 Å². The Morgan fingerprint density at radius 3 is 2.75 bits per heavy atom. The summed E-state index contributed by atoms with van der Waals surface area (Å²) in [5, 5.41) is 8.55. The molecule has 86 valence electrons. The molecule has 1 amide bonds. The molecule has 0 aliphatic heterocycles. The van der Waals surface area contributed by atoms with Crippen LogP contribution in [0.3, 0.4) is 0 Å². The van der Waals surface area contributed by atoms with Gasteiger partial charge in [-0.1, -0.05) is 11.6 Å². The SMILES string of the molecule is CC(C)N(CCC#N)C(=O)c1ccc(Cl)s1. The minimum absolute atomic E-state index is 0.0536. The zero-order valence-corrected chi connectivity index (χ0v) is 10.8. The number of nitrogens with zero attached hydrogens (tertiary/aromatic N) is 2. The number of rotatable bonds is 4.